The largest absolute Gasteiger partial charge is 0.469 e. The maximum Gasteiger partial charge on any atom is 0.308 e. The third kappa shape index (κ3) is 5.44. The van der Waals surface area contributed by atoms with Crippen molar-refractivity contribution in [3.63, 3.8) is 0 Å². The van der Waals surface area contributed by atoms with Crippen molar-refractivity contribution >= 4 is 23.9 Å². The van der Waals surface area contributed by atoms with Crippen molar-refractivity contribution in [2.24, 2.45) is 0 Å². The molecule has 0 bridgehead atoms. The number of carbonyl (C=O) groups is 4. The minimum absolute atomic E-state index is 0.459. The average Bonchev–Trinajstić information content (AvgIpc) is 2.45. The number of methoxy groups -OCH3 is 1. The van der Waals surface area contributed by atoms with Gasteiger partial charge in [-0.25, -0.2) is 4.39 Å². The molecule has 0 aliphatic carbocycles. The van der Waals surface area contributed by atoms with E-state index in [-0.39, 0.29) is 0 Å². The van der Waals surface area contributed by atoms with Crippen LogP contribution in [-0.4, -0.2) is 61.8 Å². The molecule has 1 fully saturated rings. The molecular weight excluding hydrogens is 331 g/mol. The van der Waals surface area contributed by atoms with Crippen LogP contribution in [0.4, 0.5) is 4.39 Å². The zero-order valence-corrected chi connectivity index (χ0v) is 13.6. The Labute approximate surface area is 137 Å². The Morgan fingerprint density at radius 2 is 1.33 bits per heavy atom. The molecule has 1 aliphatic heterocycles. The molecule has 0 N–H and O–H groups in total. The minimum Gasteiger partial charge on any atom is -0.469 e. The lowest BCUT2D eigenvalue weighted by Crippen LogP contribution is -2.60. The van der Waals surface area contributed by atoms with E-state index in [1.807, 2.05) is 0 Å². The third-order valence-corrected chi connectivity index (χ3v) is 3.08. The monoisotopic (exact) mass is 350 g/mol. The Kier molecular flexibility index (Phi) is 7.08. The number of halogens is 1. The van der Waals surface area contributed by atoms with Gasteiger partial charge in [0.15, 0.2) is 18.3 Å². The van der Waals surface area contributed by atoms with Gasteiger partial charge in [0, 0.05) is 20.8 Å². The first kappa shape index (κ1) is 19.8. The smallest absolute Gasteiger partial charge is 0.308 e. The molecule has 0 radical (unpaired) electrons. The Balaban J connectivity index is 3.15. The van der Waals surface area contributed by atoms with Gasteiger partial charge in [0.25, 0.3) is 0 Å². The molecule has 1 aliphatic rings. The Morgan fingerprint density at radius 3 is 1.79 bits per heavy atom. The number of carbonyl (C=O) groups excluding carboxylic acids is 4. The molecule has 1 heterocycles. The van der Waals surface area contributed by atoms with Crippen LogP contribution in [-0.2, 0) is 42.9 Å². The second-order valence-electron chi connectivity index (χ2n) is 5.03. The van der Waals surface area contributed by atoms with Gasteiger partial charge in [0.2, 0.25) is 6.36 Å². The minimum atomic E-state index is -2.19. The van der Waals surface area contributed by atoms with Crippen LogP contribution in [0.2, 0.25) is 0 Å². The molecule has 24 heavy (non-hydrogen) atoms. The summed E-state index contributed by atoms with van der Waals surface area (Å²) in [5, 5.41) is 0. The van der Waals surface area contributed by atoms with Crippen molar-refractivity contribution in [2.45, 2.75) is 58.0 Å². The molecule has 5 unspecified atom stereocenters. The molecule has 1 saturated heterocycles. The fourth-order valence-electron chi connectivity index (χ4n) is 2.25. The molecular formula is C14H19FO9. The quantitative estimate of drug-likeness (QED) is 0.500. The predicted octanol–water partition coefficient (Wildman–Crippen LogP) is 0.0390. The lowest BCUT2D eigenvalue weighted by molar-refractivity contribution is -0.272. The fourth-order valence-corrected chi connectivity index (χ4v) is 2.25. The SMILES string of the molecule is COC(=O)CC1OC(F)C(OC(C)=O)C(OC(C)=O)C1OC(C)=O. The molecule has 0 saturated carbocycles. The zero-order valence-electron chi connectivity index (χ0n) is 13.6. The van der Waals surface area contributed by atoms with Crippen molar-refractivity contribution < 1.29 is 47.3 Å². The van der Waals surface area contributed by atoms with Gasteiger partial charge in [-0.05, 0) is 0 Å². The second kappa shape index (κ2) is 8.57. The van der Waals surface area contributed by atoms with E-state index in [1.165, 1.54) is 0 Å². The number of ether oxygens (including phenoxy) is 5. The van der Waals surface area contributed by atoms with E-state index in [0.717, 1.165) is 27.9 Å². The van der Waals surface area contributed by atoms with E-state index in [9.17, 15) is 23.6 Å². The summed E-state index contributed by atoms with van der Waals surface area (Å²) in [5.74, 6) is -3.21. The normalized spacial score (nSPS) is 29.3. The number of esters is 4. The van der Waals surface area contributed by atoms with Crippen LogP contribution in [0.5, 0.6) is 0 Å². The van der Waals surface area contributed by atoms with Crippen molar-refractivity contribution in [1.29, 1.82) is 0 Å². The van der Waals surface area contributed by atoms with E-state index in [4.69, 9.17) is 18.9 Å². The lowest BCUT2D eigenvalue weighted by atomic mass is 9.96. The van der Waals surface area contributed by atoms with Crippen molar-refractivity contribution in [3.8, 4) is 0 Å². The molecule has 10 heteroatoms. The number of alkyl halides is 1. The maximum absolute atomic E-state index is 14.2. The highest BCUT2D eigenvalue weighted by molar-refractivity contribution is 5.71. The Bertz CT molecular complexity index is 506. The molecule has 1 rings (SSSR count). The summed E-state index contributed by atoms with van der Waals surface area (Å²) in [6, 6.07) is 0. The third-order valence-electron chi connectivity index (χ3n) is 3.08. The zero-order chi connectivity index (χ0) is 18.4. The first-order valence-electron chi connectivity index (χ1n) is 7.03. The number of rotatable bonds is 5. The van der Waals surface area contributed by atoms with Crippen LogP contribution in [0.1, 0.15) is 27.2 Å². The maximum atomic E-state index is 14.2. The second-order valence-corrected chi connectivity index (χ2v) is 5.03. The first-order valence-corrected chi connectivity index (χ1v) is 7.03. The summed E-state index contributed by atoms with van der Waals surface area (Å²) in [6.07, 6.45) is -8.42. The number of hydrogen-bond acceptors (Lipinski definition) is 9. The summed E-state index contributed by atoms with van der Waals surface area (Å²) in [6.45, 7) is 3.15. The van der Waals surface area contributed by atoms with Crippen LogP contribution in [0.3, 0.4) is 0 Å². The summed E-state index contributed by atoms with van der Waals surface area (Å²) in [5.41, 5.74) is 0. The summed E-state index contributed by atoms with van der Waals surface area (Å²) >= 11 is 0. The van der Waals surface area contributed by atoms with Gasteiger partial charge in [0.05, 0.1) is 13.5 Å². The van der Waals surface area contributed by atoms with Gasteiger partial charge >= 0.3 is 23.9 Å². The standard InChI is InChI=1S/C14H19FO9/c1-6(16)21-11-9(5-10(19)20-4)24-14(15)13(23-8(3)18)12(11)22-7(2)17/h9,11-14H,5H2,1-4H3. The number of hydrogen-bond donors (Lipinski definition) is 0. The average molecular weight is 350 g/mol. The van der Waals surface area contributed by atoms with Gasteiger partial charge in [0.1, 0.15) is 6.10 Å². The topological polar surface area (TPSA) is 114 Å². The molecule has 0 aromatic carbocycles. The summed E-state index contributed by atoms with van der Waals surface area (Å²) < 4.78 is 38.5. The van der Waals surface area contributed by atoms with Crippen LogP contribution in [0.15, 0.2) is 0 Å². The first-order chi connectivity index (χ1) is 11.1. The van der Waals surface area contributed by atoms with E-state index >= 15 is 0 Å². The highest BCUT2D eigenvalue weighted by Crippen LogP contribution is 2.31. The van der Waals surface area contributed by atoms with Crippen LogP contribution in [0, 0.1) is 0 Å². The van der Waals surface area contributed by atoms with Crippen LogP contribution < -0.4 is 0 Å². The summed E-state index contributed by atoms with van der Waals surface area (Å²) in [7, 11) is 1.12. The predicted molar refractivity (Wildman–Crippen MR) is 73.1 cm³/mol. The van der Waals surface area contributed by atoms with E-state index in [2.05, 4.69) is 4.74 Å². The van der Waals surface area contributed by atoms with Gasteiger partial charge in [-0.2, -0.15) is 0 Å². The molecule has 0 aromatic rings. The van der Waals surface area contributed by atoms with Crippen molar-refractivity contribution in [3.05, 3.63) is 0 Å². The van der Waals surface area contributed by atoms with Crippen LogP contribution in [0.25, 0.3) is 0 Å². The molecule has 9 nitrogen and oxygen atoms in total. The Hall–Kier alpha value is -2.23. The van der Waals surface area contributed by atoms with Gasteiger partial charge in [-0.15, -0.1) is 0 Å². The molecule has 5 atom stereocenters. The van der Waals surface area contributed by atoms with Crippen molar-refractivity contribution in [2.75, 3.05) is 7.11 Å². The van der Waals surface area contributed by atoms with Gasteiger partial charge in [-0.1, -0.05) is 0 Å². The summed E-state index contributed by atoms with van der Waals surface area (Å²) in [4.78, 5) is 45.2. The lowest BCUT2D eigenvalue weighted by Gasteiger charge is -2.41. The van der Waals surface area contributed by atoms with Crippen molar-refractivity contribution in [1.82, 2.24) is 0 Å². The fraction of sp³-hybridized carbons (Fsp3) is 0.714. The molecule has 0 spiro atoms. The van der Waals surface area contributed by atoms with Crippen LogP contribution >= 0.6 is 0 Å². The van der Waals surface area contributed by atoms with Gasteiger partial charge < -0.3 is 23.7 Å². The molecule has 136 valence electrons. The van der Waals surface area contributed by atoms with E-state index in [1.54, 1.807) is 0 Å². The molecule has 0 aromatic heterocycles. The van der Waals surface area contributed by atoms with Gasteiger partial charge in [-0.3, -0.25) is 19.2 Å². The van der Waals surface area contributed by atoms with E-state index < -0.39 is 61.1 Å². The highest BCUT2D eigenvalue weighted by atomic mass is 19.1. The highest BCUT2D eigenvalue weighted by Gasteiger charge is 2.52. The van der Waals surface area contributed by atoms with E-state index in [0.29, 0.717) is 0 Å². The molecule has 0 amide bonds. The Morgan fingerprint density at radius 1 is 0.875 bits per heavy atom.